The van der Waals surface area contributed by atoms with Crippen molar-refractivity contribution in [3.05, 3.63) is 12.2 Å². The highest BCUT2D eigenvalue weighted by molar-refractivity contribution is 5.76. The van der Waals surface area contributed by atoms with Crippen LogP contribution in [0.5, 0.6) is 0 Å². The molecule has 0 fully saturated rings. The number of hydrogen-bond acceptors (Lipinski definition) is 3. The Morgan fingerprint density at radius 2 is 0.884 bits per heavy atom. The third-order valence-electron chi connectivity index (χ3n) is 9.03. The molecule has 4 nitrogen and oxygen atoms in total. The molecule has 0 bridgehead atoms. The number of nitrogens with one attached hydrogen (secondary N) is 1. The molecule has 0 aliphatic rings. The first-order valence-electron chi connectivity index (χ1n) is 19.4. The third kappa shape index (κ3) is 32.3. The van der Waals surface area contributed by atoms with Gasteiger partial charge in [-0.25, -0.2) is 0 Å². The van der Waals surface area contributed by atoms with Gasteiger partial charge in [0.15, 0.2) is 0 Å². The summed E-state index contributed by atoms with van der Waals surface area (Å²) in [5.74, 6) is -0.0399. The molecule has 2 unspecified atom stereocenters. The molecule has 3 N–H and O–H groups in total. The van der Waals surface area contributed by atoms with Gasteiger partial charge >= 0.3 is 0 Å². The van der Waals surface area contributed by atoms with Crippen molar-refractivity contribution >= 4 is 5.91 Å². The summed E-state index contributed by atoms with van der Waals surface area (Å²) in [5, 5.41) is 23.1. The monoisotopic (exact) mass is 608 g/mol. The lowest BCUT2D eigenvalue weighted by atomic mass is 10.0. The maximum atomic E-state index is 12.3. The van der Waals surface area contributed by atoms with Crippen molar-refractivity contribution in [2.24, 2.45) is 0 Å². The Morgan fingerprint density at radius 1 is 0.535 bits per heavy atom. The van der Waals surface area contributed by atoms with E-state index in [0.717, 1.165) is 25.7 Å². The van der Waals surface area contributed by atoms with Gasteiger partial charge in [0, 0.05) is 6.42 Å². The first kappa shape index (κ1) is 42.1. The smallest absolute Gasteiger partial charge is 0.220 e. The van der Waals surface area contributed by atoms with Crippen LogP contribution in [-0.4, -0.2) is 34.9 Å². The molecule has 0 saturated carbocycles. The van der Waals surface area contributed by atoms with Gasteiger partial charge in [0.25, 0.3) is 0 Å². The van der Waals surface area contributed by atoms with Crippen LogP contribution < -0.4 is 5.32 Å². The van der Waals surface area contributed by atoms with E-state index in [0.29, 0.717) is 12.8 Å². The number of rotatable bonds is 35. The second-order valence-corrected chi connectivity index (χ2v) is 13.4. The summed E-state index contributed by atoms with van der Waals surface area (Å²) in [6.45, 7) is 4.34. The standard InChI is InChI=1S/C39H77NO3/c1-3-5-7-9-11-13-15-17-18-19-20-21-23-24-26-28-30-32-34-38(42)37(36-41)40-39(43)35-33-31-29-27-25-22-16-14-12-10-8-6-4-2/h14,16,37-38,41-42H,3-13,15,17-36H2,1-2H3,(H,40,43)/b16-14-. The zero-order chi connectivity index (χ0) is 31.5. The number of aliphatic hydroxyl groups is 2. The molecule has 43 heavy (non-hydrogen) atoms. The molecule has 0 saturated heterocycles. The largest absolute Gasteiger partial charge is 0.394 e. The van der Waals surface area contributed by atoms with Crippen molar-refractivity contribution in [1.29, 1.82) is 0 Å². The van der Waals surface area contributed by atoms with Gasteiger partial charge in [-0.05, 0) is 38.5 Å². The van der Waals surface area contributed by atoms with Gasteiger partial charge in [-0.15, -0.1) is 0 Å². The van der Waals surface area contributed by atoms with E-state index in [2.05, 4.69) is 31.3 Å². The third-order valence-corrected chi connectivity index (χ3v) is 9.03. The summed E-state index contributed by atoms with van der Waals surface area (Å²) in [4.78, 5) is 12.3. The van der Waals surface area contributed by atoms with E-state index >= 15 is 0 Å². The lowest BCUT2D eigenvalue weighted by molar-refractivity contribution is -0.123. The Labute approximate surface area is 269 Å². The fourth-order valence-corrected chi connectivity index (χ4v) is 6.00. The highest BCUT2D eigenvalue weighted by Gasteiger charge is 2.19. The number of hydrogen-bond donors (Lipinski definition) is 3. The van der Waals surface area contributed by atoms with Gasteiger partial charge in [-0.1, -0.05) is 180 Å². The van der Waals surface area contributed by atoms with Gasteiger partial charge in [0.05, 0.1) is 18.8 Å². The number of allylic oxidation sites excluding steroid dienone is 2. The average Bonchev–Trinajstić information content (AvgIpc) is 3.01. The van der Waals surface area contributed by atoms with Crippen LogP contribution in [0.25, 0.3) is 0 Å². The van der Waals surface area contributed by atoms with E-state index in [-0.39, 0.29) is 12.5 Å². The molecule has 0 spiro atoms. The van der Waals surface area contributed by atoms with Crippen molar-refractivity contribution in [2.45, 2.75) is 225 Å². The zero-order valence-electron chi connectivity index (χ0n) is 29.2. The second-order valence-electron chi connectivity index (χ2n) is 13.4. The van der Waals surface area contributed by atoms with Gasteiger partial charge in [-0.2, -0.15) is 0 Å². The summed E-state index contributed by atoms with van der Waals surface area (Å²) in [7, 11) is 0. The first-order valence-corrected chi connectivity index (χ1v) is 19.4. The fraction of sp³-hybridized carbons (Fsp3) is 0.923. The van der Waals surface area contributed by atoms with E-state index in [1.807, 2.05) is 0 Å². The zero-order valence-corrected chi connectivity index (χ0v) is 29.2. The molecule has 2 atom stereocenters. The minimum absolute atomic E-state index is 0.0399. The first-order chi connectivity index (χ1) is 21.2. The molecule has 0 heterocycles. The average molecular weight is 608 g/mol. The van der Waals surface area contributed by atoms with Crippen molar-refractivity contribution in [3.63, 3.8) is 0 Å². The number of amides is 1. The van der Waals surface area contributed by atoms with Crippen molar-refractivity contribution in [2.75, 3.05) is 6.61 Å². The molecule has 0 aliphatic heterocycles. The van der Waals surface area contributed by atoms with Gasteiger partial charge in [0.1, 0.15) is 0 Å². The van der Waals surface area contributed by atoms with Crippen LogP contribution in [-0.2, 0) is 4.79 Å². The Bertz CT molecular complexity index is 579. The molecule has 0 radical (unpaired) electrons. The molecule has 0 aliphatic carbocycles. The number of unbranched alkanes of at least 4 members (excludes halogenated alkanes) is 26. The summed E-state index contributed by atoms with van der Waals surface area (Å²) in [5.41, 5.74) is 0. The maximum Gasteiger partial charge on any atom is 0.220 e. The quantitative estimate of drug-likeness (QED) is 0.0496. The lowest BCUT2D eigenvalue weighted by Gasteiger charge is -2.22. The summed E-state index contributed by atoms with van der Waals surface area (Å²) in [6, 6.07) is -0.535. The van der Waals surface area contributed by atoms with Gasteiger partial charge < -0.3 is 15.5 Å². The fourth-order valence-electron chi connectivity index (χ4n) is 6.00. The Hall–Kier alpha value is -0.870. The van der Waals surface area contributed by atoms with E-state index in [1.165, 1.54) is 161 Å². The molecular formula is C39H77NO3. The highest BCUT2D eigenvalue weighted by Crippen LogP contribution is 2.16. The Kier molecular flexibility index (Phi) is 34.9. The number of carbonyl (C=O) groups excluding carboxylic acids is 1. The normalized spacial score (nSPS) is 13.1. The van der Waals surface area contributed by atoms with Crippen molar-refractivity contribution in [3.8, 4) is 0 Å². The van der Waals surface area contributed by atoms with Crippen LogP contribution in [0.2, 0.25) is 0 Å². The predicted molar refractivity (Wildman–Crippen MR) is 189 cm³/mol. The van der Waals surface area contributed by atoms with Gasteiger partial charge in [-0.3, -0.25) is 4.79 Å². The minimum atomic E-state index is -0.658. The summed E-state index contributed by atoms with van der Waals surface area (Å²) < 4.78 is 0. The summed E-state index contributed by atoms with van der Waals surface area (Å²) in [6.07, 6.45) is 42.7. The van der Waals surface area contributed by atoms with Crippen LogP contribution in [0.15, 0.2) is 12.2 Å². The van der Waals surface area contributed by atoms with E-state index in [9.17, 15) is 15.0 Å². The van der Waals surface area contributed by atoms with E-state index in [4.69, 9.17) is 0 Å². The van der Waals surface area contributed by atoms with E-state index < -0.39 is 12.1 Å². The van der Waals surface area contributed by atoms with Crippen LogP contribution in [0.1, 0.15) is 213 Å². The topological polar surface area (TPSA) is 69.6 Å². The Balaban J connectivity index is 3.53. The SMILES string of the molecule is CCCCCC/C=C\CCCCCCCC(=O)NC(CO)C(O)CCCCCCCCCCCCCCCCCCCC. The van der Waals surface area contributed by atoms with Crippen molar-refractivity contribution < 1.29 is 15.0 Å². The molecular weight excluding hydrogens is 530 g/mol. The second kappa shape index (κ2) is 35.6. The molecule has 4 heteroatoms. The maximum absolute atomic E-state index is 12.3. The van der Waals surface area contributed by atoms with Gasteiger partial charge in [0.2, 0.25) is 5.91 Å². The molecule has 0 aromatic heterocycles. The molecule has 0 aromatic carbocycles. The molecule has 256 valence electrons. The molecule has 0 rings (SSSR count). The lowest BCUT2D eigenvalue weighted by Crippen LogP contribution is -2.45. The highest BCUT2D eigenvalue weighted by atomic mass is 16.3. The Morgan fingerprint density at radius 3 is 1.30 bits per heavy atom. The molecule has 0 aromatic rings. The number of aliphatic hydroxyl groups excluding tert-OH is 2. The van der Waals surface area contributed by atoms with Crippen LogP contribution in [0.3, 0.4) is 0 Å². The molecule has 1 amide bonds. The van der Waals surface area contributed by atoms with Crippen LogP contribution >= 0.6 is 0 Å². The van der Waals surface area contributed by atoms with Crippen LogP contribution in [0, 0.1) is 0 Å². The van der Waals surface area contributed by atoms with Crippen molar-refractivity contribution in [1.82, 2.24) is 5.32 Å². The summed E-state index contributed by atoms with van der Waals surface area (Å²) >= 11 is 0. The minimum Gasteiger partial charge on any atom is -0.394 e. The number of carbonyl (C=O) groups is 1. The van der Waals surface area contributed by atoms with Crippen LogP contribution in [0.4, 0.5) is 0 Å². The predicted octanol–water partition coefficient (Wildman–Crippen LogP) is 11.5. The van der Waals surface area contributed by atoms with E-state index in [1.54, 1.807) is 0 Å².